The van der Waals surface area contributed by atoms with Gasteiger partial charge < -0.3 is 4.74 Å². The van der Waals surface area contributed by atoms with Gasteiger partial charge in [0.2, 0.25) is 0 Å². The van der Waals surface area contributed by atoms with Gasteiger partial charge in [0, 0.05) is 11.3 Å². The van der Waals surface area contributed by atoms with Crippen LogP contribution in [0.5, 0.6) is 5.75 Å². The van der Waals surface area contributed by atoms with Gasteiger partial charge >= 0.3 is 0 Å². The van der Waals surface area contributed by atoms with Crippen molar-refractivity contribution in [1.29, 1.82) is 0 Å². The van der Waals surface area contributed by atoms with Crippen molar-refractivity contribution in [3.8, 4) is 5.75 Å². The van der Waals surface area contributed by atoms with E-state index in [9.17, 15) is 0 Å². The molecule has 0 unspecified atom stereocenters. The number of rotatable bonds is 0. The van der Waals surface area contributed by atoms with Crippen molar-refractivity contribution >= 4 is 17.8 Å². The van der Waals surface area contributed by atoms with Crippen LogP contribution in [0.4, 0.5) is 0 Å². The Balaban J connectivity index is 2.18. The predicted octanol–water partition coefficient (Wildman–Crippen LogP) is 3.05. The molecule has 0 spiro atoms. The molecule has 0 atom stereocenters. The summed E-state index contributed by atoms with van der Waals surface area (Å²) in [5.41, 5.74) is 1.18. The molecule has 2 heteroatoms. The van der Waals surface area contributed by atoms with Crippen LogP contribution >= 0.6 is 11.8 Å². The van der Waals surface area contributed by atoms with Crippen LogP contribution in [0.1, 0.15) is 5.56 Å². The summed E-state index contributed by atoms with van der Waals surface area (Å²) in [4.78, 5) is 1.26. The van der Waals surface area contributed by atoms with Gasteiger partial charge in [-0.05, 0) is 18.2 Å². The lowest BCUT2D eigenvalue weighted by Gasteiger charge is -2.15. The first-order valence-corrected chi connectivity index (χ1v) is 5.24. The largest absolute Gasteiger partial charge is 0.456 e. The minimum absolute atomic E-state index is 0.972. The number of benzene rings is 1. The molecule has 0 fully saturated rings. The third kappa shape index (κ3) is 1.10. The third-order valence-corrected chi connectivity index (χ3v) is 3.14. The molecular formula is C11H8OS. The van der Waals surface area contributed by atoms with Gasteiger partial charge in [-0.25, -0.2) is 0 Å². The molecule has 1 aromatic carbocycles. The third-order valence-electron chi connectivity index (χ3n) is 2.18. The van der Waals surface area contributed by atoms with Crippen LogP contribution in [0.3, 0.4) is 0 Å². The molecule has 0 aliphatic carbocycles. The highest BCUT2D eigenvalue weighted by Crippen LogP contribution is 2.40. The average molecular weight is 188 g/mol. The van der Waals surface area contributed by atoms with Crippen LogP contribution in [-0.4, -0.2) is 5.75 Å². The second-order valence-electron chi connectivity index (χ2n) is 3.03. The minimum Gasteiger partial charge on any atom is -0.456 e. The van der Waals surface area contributed by atoms with E-state index < -0.39 is 0 Å². The fraction of sp³-hybridized carbons (Fsp3) is 0.0909. The standard InChI is InChI=1S/C11H8OS/c1-2-4-9-8(3-1)7-11-10(12-9)5-6-13-11/h1-5,7H,6H2. The monoisotopic (exact) mass is 188 g/mol. The maximum Gasteiger partial charge on any atom is 0.137 e. The molecule has 13 heavy (non-hydrogen) atoms. The molecule has 0 N–H and O–H groups in total. The second kappa shape index (κ2) is 2.67. The van der Waals surface area contributed by atoms with E-state index in [1.807, 2.05) is 30.0 Å². The molecule has 2 heterocycles. The molecule has 0 amide bonds. The summed E-state index contributed by atoms with van der Waals surface area (Å²) in [5, 5.41) is 0. The van der Waals surface area contributed by atoms with Crippen molar-refractivity contribution in [2.24, 2.45) is 0 Å². The van der Waals surface area contributed by atoms with Crippen LogP contribution < -0.4 is 4.74 Å². The summed E-state index contributed by atoms with van der Waals surface area (Å²) < 4.78 is 5.73. The zero-order chi connectivity index (χ0) is 8.67. The Labute approximate surface area is 81.1 Å². The predicted molar refractivity (Wildman–Crippen MR) is 55.6 cm³/mol. The van der Waals surface area contributed by atoms with Crippen LogP contribution in [0, 0.1) is 0 Å². The topological polar surface area (TPSA) is 9.23 Å². The van der Waals surface area contributed by atoms with Crippen molar-refractivity contribution in [2.45, 2.75) is 0 Å². The first-order chi connectivity index (χ1) is 6.43. The van der Waals surface area contributed by atoms with Crippen LogP contribution in [0.2, 0.25) is 0 Å². The van der Waals surface area contributed by atoms with Crippen LogP contribution in [-0.2, 0) is 0 Å². The van der Waals surface area contributed by atoms with Gasteiger partial charge in [0.15, 0.2) is 0 Å². The molecule has 0 bridgehead atoms. The highest BCUT2D eigenvalue weighted by Gasteiger charge is 2.20. The fourth-order valence-electron chi connectivity index (χ4n) is 1.54. The lowest BCUT2D eigenvalue weighted by atomic mass is 10.1. The molecular weight excluding hydrogens is 180 g/mol. The number of ether oxygens (including phenoxy) is 1. The number of para-hydroxylation sites is 1. The van der Waals surface area contributed by atoms with Gasteiger partial charge in [0.05, 0.1) is 4.91 Å². The van der Waals surface area contributed by atoms with E-state index in [-0.39, 0.29) is 0 Å². The van der Waals surface area contributed by atoms with E-state index in [2.05, 4.69) is 18.2 Å². The summed E-state index contributed by atoms with van der Waals surface area (Å²) in [6.07, 6.45) is 4.33. The fourth-order valence-corrected chi connectivity index (χ4v) is 2.43. The summed E-state index contributed by atoms with van der Waals surface area (Å²) in [5.74, 6) is 3.04. The molecule has 3 rings (SSSR count). The van der Waals surface area contributed by atoms with Crippen molar-refractivity contribution in [1.82, 2.24) is 0 Å². The molecule has 0 radical (unpaired) electrons. The molecule has 0 saturated heterocycles. The Kier molecular flexibility index (Phi) is 1.49. The van der Waals surface area contributed by atoms with Crippen molar-refractivity contribution in [3.05, 3.63) is 46.6 Å². The van der Waals surface area contributed by atoms with Crippen molar-refractivity contribution < 1.29 is 4.74 Å². The zero-order valence-corrected chi connectivity index (χ0v) is 7.80. The average Bonchev–Trinajstić information content (AvgIpc) is 2.61. The Morgan fingerprint density at radius 1 is 1.23 bits per heavy atom. The molecule has 1 aromatic rings. The Morgan fingerprint density at radius 3 is 3.15 bits per heavy atom. The van der Waals surface area contributed by atoms with Gasteiger partial charge in [0.25, 0.3) is 0 Å². The summed E-state index contributed by atoms with van der Waals surface area (Å²) in [6.45, 7) is 0. The van der Waals surface area contributed by atoms with Crippen LogP contribution in [0.25, 0.3) is 6.08 Å². The van der Waals surface area contributed by atoms with E-state index in [4.69, 9.17) is 4.74 Å². The summed E-state index contributed by atoms with van der Waals surface area (Å²) in [7, 11) is 0. The highest BCUT2D eigenvalue weighted by molar-refractivity contribution is 8.03. The number of hydrogen-bond acceptors (Lipinski definition) is 2. The van der Waals surface area contributed by atoms with E-state index in [0.29, 0.717) is 0 Å². The molecule has 64 valence electrons. The molecule has 0 saturated carbocycles. The summed E-state index contributed by atoms with van der Waals surface area (Å²) in [6, 6.07) is 8.12. The normalized spacial score (nSPS) is 18.2. The Hall–Kier alpha value is -1.15. The smallest absolute Gasteiger partial charge is 0.137 e. The SMILES string of the molecule is C1=C2Oc3ccccc3C=C2SC1. The van der Waals surface area contributed by atoms with Crippen molar-refractivity contribution in [2.75, 3.05) is 5.75 Å². The van der Waals surface area contributed by atoms with E-state index in [0.717, 1.165) is 17.3 Å². The lowest BCUT2D eigenvalue weighted by molar-refractivity contribution is 0.438. The number of fused-ring (bicyclic) bond motifs is 2. The molecule has 1 nitrogen and oxygen atoms in total. The minimum atomic E-state index is 0.972. The van der Waals surface area contributed by atoms with Gasteiger partial charge in [-0.3, -0.25) is 0 Å². The first-order valence-electron chi connectivity index (χ1n) is 4.25. The number of thioether (sulfide) groups is 1. The second-order valence-corrected chi connectivity index (χ2v) is 4.09. The van der Waals surface area contributed by atoms with Gasteiger partial charge in [-0.15, -0.1) is 11.8 Å². The van der Waals surface area contributed by atoms with Gasteiger partial charge in [-0.1, -0.05) is 18.2 Å². The van der Waals surface area contributed by atoms with Crippen molar-refractivity contribution in [3.63, 3.8) is 0 Å². The number of hydrogen-bond donors (Lipinski definition) is 0. The van der Waals surface area contributed by atoms with E-state index in [1.165, 1.54) is 10.5 Å². The Morgan fingerprint density at radius 2 is 2.15 bits per heavy atom. The molecule has 2 aliphatic heterocycles. The maximum atomic E-state index is 5.73. The highest BCUT2D eigenvalue weighted by atomic mass is 32.2. The van der Waals surface area contributed by atoms with Gasteiger partial charge in [0.1, 0.15) is 11.5 Å². The van der Waals surface area contributed by atoms with Crippen LogP contribution in [0.15, 0.2) is 41.0 Å². The van der Waals surface area contributed by atoms with Gasteiger partial charge in [-0.2, -0.15) is 0 Å². The first kappa shape index (κ1) is 7.27. The maximum absolute atomic E-state index is 5.73. The zero-order valence-electron chi connectivity index (χ0n) is 6.99. The quantitative estimate of drug-likeness (QED) is 0.619. The lowest BCUT2D eigenvalue weighted by Crippen LogP contribution is -2.00. The molecule has 0 aromatic heterocycles. The van der Waals surface area contributed by atoms with E-state index >= 15 is 0 Å². The molecule has 2 aliphatic rings. The summed E-state index contributed by atoms with van der Waals surface area (Å²) >= 11 is 1.83. The Bertz CT molecular complexity index is 418. The van der Waals surface area contributed by atoms with E-state index in [1.54, 1.807) is 0 Å².